The van der Waals surface area contributed by atoms with Crippen molar-refractivity contribution >= 4 is 12.0 Å². The molecule has 1 aromatic rings. The molecule has 0 radical (unpaired) electrons. The van der Waals surface area contributed by atoms with Crippen molar-refractivity contribution in [1.29, 1.82) is 0 Å². The van der Waals surface area contributed by atoms with Gasteiger partial charge in [0.2, 0.25) is 5.91 Å². The minimum atomic E-state index is -4.42. The zero-order valence-corrected chi connectivity index (χ0v) is 16.7. The summed E-state index contributed by atoms with van der Waals surface area (Å²) in [6.45, 7) is 6.15. The number of nitrogens with zero attached hydrogens (tertiary/aromatic N) is 1. The van der Waals surface area contributed by atoms with Crippen molar-refractivity contribution in [3.05, 3.63) is 35.4 Å². The fourth-order valence-corrected chi connectivity index (χ4v) is 2.88. The Morgan fingerprint density at radius 2 is 2.00 bits per heavy atom. The number of rotatable bonds is 2. The fourth-order valence-electron chi connectivity index (χ4n) is 2.88. The number of benzene rings is 1. The zero-order chi connectivity index (χ0) is 21.7. The highest BCUT2D eigenvalue weighted by atomic mass is 19.4. The van der Waals surface area contributed by atoms with Gasteiger partial charge in [-0.1, -0.05) is 17.9 Å². The fraction of sp³-hybridized carbons (Fsp3) is 0.524. The summed E-state index contributed by atoms with van der Waals surface area (Å²) in [6, 6.07) is 4.71. The van der Waals surface area contributed by atoms with Gasteiger partial charge in [-0.2, -0.15) is 13.2 Å². The first-order chi connectivity index (χ1) is 13.5. The lowest BCUT2D eigenvalue weighted by molar-refractivity contribution is -0.137. The molecule has 1 aliphatic heterocycles. The molecule has 1 aromatic carbocycles. The normalized spacial score (nSPS) is 17.2. The van der Waals surface area contributed by atoms with E-state index in [9.17, 15) is 22.8 Å². The number of likely N-dealkylation sites (tertiary alicyclic amines) is 1. The Labute approximate surface area is 168 Å². The van der Waals surface area contributed by atoms with Crippen molar-refractivity contribution in [2.24, 2.45) is 5.92 Å². The second-order valence-corrected chi connectivity index (χ2v) is 7.86. The molecule has 2 amide bonds. The summed E-state index contributed by atoms with van der Waals surface area (Å²) in [4.78, 5) is 26.0. The monoisotopic (exact) mass is 410 g/mol. The van der Waals surface area contributed by atoms with Gasteiger partial charge in [0, 0.05) is 18.7 Å². The Balaban J connectivity index is 1.87. The first kappa shape index (κ1) is 22.6. The van der Waals surface area contributed by atoms with E-state index in [0.717, 1.165) is 12.1 Å². The second kappa shape index (κ2) is 9.21. The van der Waals surface area contributed by atoms with Gasteiger partial charge < -0.3 is 15.0 Å². The Bertz CT molecular complexity index is 804. The van der Waals surface area contributed by atoms with E-state index in [0.29, 0.717) is 19.4 Å². The number of ether oxygens (including phenoxy) is 1. The highest BCUT2D eigenvalue weighted by molar-refractivity contribution is 5.80. The van der Waals surface area contributed by atoms with Crippen LogP contribution in [0.1, 0.15) is 44.7 Å². The van der Waals surface area contributed by atoms with Crippen molar-refractivity contribution in [3.63, 3.8) is 0 Å². The largest absolute Gasteiger partial charge is 0.444 e. The van der Waals surface area contributed by atoms with Gasteiger partial charge in [0.05, 0.1) is 18.0 Å². The van der Waals surface area contributed by atoms with Crippen LogP contribution in [0.5, 0.6) is 0 Å². The number of carbonyl (C=O) groups excluding carboxylic acids is 2. The third-order valence-electron chi connectivity index (χ3n) is 4.22. The van der Waals surface area contributed by atoms with Crippen molar-refractivity contribution < 1.29 is 27.5 Å². The highest BCUT2D eigenvalue weighted by Crippen LogP contribution is 2.29. The summed E-state index contributed by atoms with van der Waals surface area (Å²) in [7, 11) is 0. The molecule has 0 unspecified atom stereocenters. The Hall–Kier alpha value is -2.69. The topological polar surface area (TPSA) is 58.6 Å². The van der Waals surface area contributed by atoms with E-state index in [1.807, 2.05) is 0 Å². The molecule has 0 aliphatic carbocycles. The van der Waals surface area contributed by atoms with Gasteiger partial charge in [-0.05, 0) is 51.8 Å². The Morgan fingerprint density at radius 3 is 2.66 bits per heavy atom. The van der Waals surface area contributed by atoms with Crippen molar-refractivity contribution in [2.45, 2.75) is 45.4 Å². The second-order valence-electron chi connectivity index (χ2n) is 7.86. The molecule has 29 heavy (non-hydrogen) atoms. The van der Waals surface area contributed by atoms with Gasteiger partial charge in [0.25, 0.3) is 0 Å². The van der Waals surface area contributed by atoms with Gasteiger partial charge in [-0.15, -0.1) is 0 Å². The standard InChI is InChI=1S/C21H25F3N2O3/c1-20(2,3)29-19(28)26-12-6-9-16(14-26)18(27)25-11-5-8-15-7-4-10-17(13-15)21(22,23)24/h4,7,10,13,16H,6,9,11-12,14H2,1-3H3,(H,25,27)/t16-/m1/s1. The SMILES string of the molecule is CC(C)(C)OC(=O)N1CCC[C@@H](C(=O)NCC#Cc2cccc(C(F)(F)F)c2)C1. The molecule has 1 N–H and O–H groups in total. The Kier molecular flexibility index (Phi) is 7.17. The number of alkyl halides is 3. The predicted octanol–water partition coefficient (Wildman–Crippen LogP) is 3.82. The van der Waals surface area contributed by atoms with E-state index in [4.69, 9.17) is 4.74 Å². The maximum atomic E-state index is 12.7. The van der Waals surface area contributed by atoms with Crippen LogP contribution >= 0.6 is 0 Å². The van der Waals surface area contributed by atoms with Crippen LogP contribution in [-0.2, 0) is 15.7 Å². The van der Waals surface area contributed by atoms with E-state index in [1.165, 1.54) is 17.0 Å². The molecule has 0 spiro atoms. The predicted molar refractivity (Wildman–Crippen MR) is 102 cm³/mol. The van der Waals surface area contributed by atoms with Crippen molar-refractivity contribution in [1.82, 2.24) is 10.2 Å². The number of hydrogen-bond acceptors (Lipinski definition) is 3. The van der Waals surface area contributed by atoms with Crippen LogP contribution in [0, 0.1) is 17.8 Å². The summed E-state index contributed by atoms with van der Waals surface area (Å²) in [5.74, 6) is 4.67. The number of halogens is 3. The minimum absolute atomic E-state index is 0.0119. The van der Waals surface area contributed by atoms with Gasteiger partial charge >= 0.3 is 12.3 Å². The third kappa shape index (κ3) is 7.33. The van der Waals surface area contributed by atoms with Crippen molar-refractivity contribution in [3.8, 4) is 11.8 Å². The molecule has 1 saturated heterocycles. The summed E-state index contributed by atoms with van der Waals surface area (Å²) in [5, 5.41) is 2.66. The van der Waals surface area contributed by atoms with Gasteiger partial charge in [0.1, 0.15) is 5.60 Å². The molecule has 0 saturated carbocycles. The lowest BCUT2D eigenvalue weighted by Gasteiger charge is -2.33. The van der Waals surface area contributed by atoms with E-state index >= 15 is 0 Å². The van der Waals surface area contributed by atoms with E-state index in [1.54, 1.807) is 20.8 Å². The summed E-state index contributed by atoms with van der Waals surface area (Å²) >= 11 is 0. The lowest BCUT2D eigenvalue weighted by Crippen LogP contribution is -2.47. The van der Waals surface area contributed by atoms with Crippen LogP contribution in [0.3, 0.4) is 0 Å². The molecule has 1 fully saturated rings. The smallest absolute Gasteiger partial charge is 0.416 e. The molecule has 0 bridgehead atoms. The quantitative estimate of drug-likeness (QED) is 0.754. The third-order valence-corrected chi connectivity index (χ3v) is 4.22. The molecule has 0 aromatic heterocycles. The number of piperidine rings is 1. The molecular formula is C21H25F3N2O3. The van der Waals surface area contributed by atoms with Gasteiger partial charge in [0.15, 0.2) is 0 Å². The van der Waals surface area contributed by atoms with E-state index in [2.05, 4.69) is 17.2 Å². The average Bonchev–Trinajstić information content (AvgIpc) is 2.63. The molecule has 1 atom stereocenters. The highest BCUT2D eigenvalue weighted by Gasteiger charge is 2.31. The van der Waals surface area contributed by atoms with Crippen LogP contribution in [0.15, 0.2) is 24.3 Å². The molecule has 5 nitrogen and oxygen atoms in total. The first-order valence-electron chi connectivity index (χ1n) is 9.37. The van der Waals surface area contributed by atoms with Crippen molar-refractivity contribution in [2.75, 3.05) is 19.6 Å². The summed E-state index contributed by atoms with van der Waals surface area (Å²) in [5.41, 5.74) is -1.15. The molecule has 158 valence electrons. The van der Waals surface area contributed by atoms with Gasteiger partial charge in [-0.25, -0.2) is 4.79 Å². The van der Waals surface area contributed by atoms with E-state index in [-0.39, 0.29) is 30.5 Å². The maximum Gasteiger partial charge on any atom is 0.416 e. The van der Waals surface area contributed by atoms with Crippen LogP contribution in [0.2, 0.25) is 0 Å². The summed E-state index contributed by atoms with van der Waals surface area (Å²) in [6.07, 6.45) is -3.54. The molecule has 2 rings (SSSR count). The summed E-state index contributed by atoms with van der Waals surface area (Å²) < 4.78 is 43.5. The number of carbonyl (C=O) groups is 2. The number of amides is 2. The van der Waals surface area contributed by atoms with E-state index < -0.39 is 23.4 Å². The molecular weight excluding hydrogens is 385 g/mol. The van der Waals surface area contributed by atoms with Crippen LogP contribution in [-0.4, -0.2) is 42.1 Å². The first-order valence-corrected chi connectivity index (χ1v) is 9.37. The Morgan fingerprint density at radius 1 is 1.28 bits per heavy atom. The lowest BCUT2D eigenvalue weighted by atomic mass is 9.97. The number of nitrogens with one attached hydrogen (secondary N) is 1. The van der Waals surface area contributed by atoms with Crippen LogP contribution in [0.25, 0.3) is 0 Å². The number of hydrogen-bond donors (Lipinski definition) is 1. The maximum absolute atomic E-state index is 12.7. The zero-order valence-electron chi connectivity index (χ0n) is 16.7. The van der Waals surface area contributed by atoms with Gasteiger partial charge in [-0.3, -0.25) is 4.79 Å². The minimum Gasteiger partial charge on any atom is -0.444 e. The molecule has 1 aliphatic rings. The van der Waals surface area contributed by atoms with Crippen LogP contribution < -0.4 is 5.32 Å². The average molecular weight is 410 g/mol. The molecule has 8 heteroatoms. The van der Waals surface area contributed by atoms with Crippen LogP contribution in [0.4, 0.5) is 18.0 Å². The molecule has 1 heterocycles.